The molecule has 2 heterocycles. The highest BCUT2D eigenvalue weighted by Gasteiger charge is 2.38. The third kappa shape index (κ3) is 3.20. The Morgan fingerprint density at radius 3 is 2.74 bits per heavy atom. The van der Waals surface area contributed by atoms with Crippen molar-refractivity contribution in [3.8, 4) is 0 Å². The van der Waals surface area contributed by atoms with E-state index in [0.29, 0.717) is 13.0 Å². The highest BCUT2D eigenvalue weighted by atomic mass is 79.9. The first-order valence-corrected chi connectivity index (χ1v) is 9.05. The van der Waals surface area contributed by atoms with Crippen molar-refractivity contribution in [2.24, 2.45) is 0 Å². The summed E-state index contributed by atoms with van der Waals surface area (Å²) >= 11 is 3.55. The van der Waals surface area contributed by atoms with Gasteiger partial charge in [0.15, 0.2) is 9.84 Å². The van der Waals surface area contributed by atoms with E-state index in [2.05, 4.69) is 26.3 Å². The van der Waals surface area contributed by atoms with Crippen LogP contribution < -0.4 is 5.32 Å². The van der Waals surface area contributed by atoms with Gasteiger partial charge in [-0.3, -0.25) is 4.68 Å². The van der Waals surface area contributed by atoms with E-state index in [1.807, 2.05) is 25.5 Å². The Labute approximate surface area is 122 Å². The molecular formula is C12H20BrN3O2S. The summed E-state index contributed by atoms with van der Waals surface area (Å²) in [5.41, 5.74) is 1.71. The Balaban J connectivity index is 2.11. The van der Waals surface area contributed by atoms with Crippen molar-refractivity contribution in [1.82, 2.24) is 15.1 Å². The van der Waals surface area contributed by atoms with Gasteiger partial charge in [0.2, 0.25) is 0 Å². The van der Waals surface area contributed by atoms with Crippen molar-refractivity contribution < 1.29 is 8.42 Å². The fourth-order valence-electron chi connectivity index (χ4n) is 2.48. The van der Waals surface area contributed by atoms with Gasteiger partial charge in [0, 0.05) is 18.6 Å². The molecule has 1 N–H and O–H groups in total. The van der Waals surface area contributed by atoms with E-state index in [1.54, 1.807) is 0 Å². The van der Waals surface area contributed by atoms with Crippen LogP contribution in [-0.2, 0) is 22.9 Å². The van der Waals surface area contributed by atoms with Gasteiger partial charge < -0.3 is 5.32 Å². The Bertz CT molecular complexity index is 582. The Morgan fingerprint density at radius 2 is 2.21 bits per heavy atom. The topological polar surface area (TPSA) is 64.0 Å². The lowest BCUT2D eigenvalue weighted by molar-refractivity contribution is 0.386. The average molecular weight is 350 g/mol. The van der Waals surface area contributed by atoms with Crippen LogP contribution in [0.5, 0.6) is 0 Å². The molecule has 1 unspecified atom stereocenters. The lowest BCUT2D eigenvalue weighted by Crippen LogP contribution is -2.43. The lowest BCUT2D eigenvalue weighted by atomic mass is 10.0. The first-order chi connectivity index (χ1) is 8.76. The summed E-state index contributed by atoms with van der Waals surface area (Å²) in [6.45, 7) is 7.41. The third-order valence-corrected chi connectivity index (χ3v) is 6.57. The molecule has 5 nitrogen and oxygen atoms in total. The summed E-state index contributed by atoms with van der Waals surface area (Å²) < 4.78 is 26.1. The molecule has 0 aromatic carbocycles. The van der Waals surface area contributed by atoms with Gasteiger partial charge in [-0.05, 0) is 43.1 Å². The average Bonchev–Trinajstić information content (AvgIpc) is 2.76. The zero-order chi connectivity index (χ0) is 14.3. The van der Waals surface area contributed by atoms with Crippen molar-refractivity contribution in [2.45, 2.75) is 45.8 Å². The summed E-state index contributed by atoms with van der Waals surface area (Å²) in [6.07, 6.45) is 0.673. The maximum atomic E-state index is 11.6. The van der Waals surface area contributed by atoms with Crippen molar-refractivity contribution in [3.63, 3.8) is 0 Å². The molecule has 1 aliphatic heterocycles. The number of hydrogen-bond acceptors (Lipinski definition) is 4. The molecule has 0 saturated carbocycles. The molecule has 0 aliphatic carbocycles. The molecule has 0 radical (unpaired) electrons. The smallest absolute Gasteiger partial charge is 0.152 e. The molecule has 1 saturated heterocycles. The van der Waals surface area contributed by atoms with E-state index in [0.717, 1.165) is 22.4 Å². The first kappa shape index (κ1) is 15.0. The van der Waals surface area contributed by atoms with Crippen LogP contribution in [-0.4, -0.2) is 35.2 Å². The molecule has 2 rings (SSSR count). The van der Waals surface area contributed by atoms with Gasteiger partial charge in [-0.1, -0.05) is 0 Å². The minimum atomic E-state index is -2.88. The third-order valence-electron chi connectivity index (χ3n) is 3.64. The van der Waals surface area contributed by atoms with Crippen molar-refractivity contribution in [2.75, 3.05) is 11.5 Å². The Morgan fingerprint density at radius 1 is 1.53 bits per heavy atom. The fraction of sp³-hybridized carbons (Fsp3) is 0.750. The van der Waals surface area contributed by atoms with Gasteiger partial charge in [-0.25, -0.2) is 8.42 Å². The van der Waals surface area contributed by atoms with E-state index in [9.17, 15) is 8.42 Å². The number of aromatic nitrogens is 2. The number of nitrogens with zero attached hydrogens (tertiary/aromatic N) is 2. The number of nitrogens with one attached hydrogen (secondary N) is 1. The fourth-order valence-corrected chi connectivity index (χ4v) is 5.03. The van der Waals surface area contributed by atoms with Gasteiger partial charge in [0.25, 0.3) is 0 Å². The van der Waals surface area contributed by atoms with Gasteiger partial charge >= 0.3 is 0 Å². The van der Waals surface area contributed by atoms with Crippen LogP contribution in [0.2, 0.25) is 0 Å². The van der Waals surface area contributed by atoms with Crippen LogP contribution in [0.25, 0.3) is 0 Å². The minimum absolute atomic E-state index is 0.219. The standard InChI is InChI=1S/C12H20BrN3O2S/c1-4-16-10(11(13)9(2)15-16)7-14-12(3)5-6-19(17,18)8-12/h14H,4-8H2,1-3H3. The molecule has 108 valence electrons. The quantitative estimate of drug-likeness (QED) is 0.897. The molecule has 1 atom stereocenters. The zero-order valence-corrected chi connectivity index (χ0v) is 13.9. The largest absolute Gasteiger partial charge is 0.305 e. The van der Waals surface area contributed by atoms with E-state index in [4.69, 9.17) is 0 Å². The molecule has 0 spiro atoms. The second kappa shape index (κ2) is 5.18. The number of hydrogen-bond donors (Lipinski definition) is 1. The SMILES string of the molecule is CCn1nc(C)c(Br)c1CNC1(C)CCS(=O)(=O)C1. The van der Waals surface area contributed by atoms with Crippen LogP contribution in [0.4, 0.5) is 0 Å². The van der Waals surface area contributed by atoms with Gasteiger partial charge in [0.1, 0.15) is 0 Å². The van der Waals surface area contributed by atoms with Crippen molar-refractivity contribution >= 4 is 25.8 Å². The van der Waals surface area contributed by atoms with E-state index in [1.165, 1.54) is 0 Å². The van der Waals surface area contributed by atoms with Crippen molar-refractivity contribution in [1.29, 1.82) is 0 Å². The normalized spacial score (nSPS) is 25.9. The van der Waals surface area contributed by atoms with Crippen LogP contribution in [0.3, 0.4) is 0 Å². The van der Waals surface area contributed by atoms with Crippen molar-refractivity contribution in [3.05, 3.63) is 15.9 Å². The molecule has 1 aromatic heterocycles. The summed E-state index contributed by atoms with van der Waals surface area (Å²) in [6, 6.07) is 0. The molecular weight excluding hydrogens is 330 g/mol. The maximum Gasteiger partial charge on any atom is 0.152 e. The van der Waals surface area contributed by atoms with Gasteiger partial charge in [-0.15, -0.1) is 0 Å². The van der Waals surface area contributed by atoms with Crippen LogP contribution >= 0.6 is 15.9 Å². The predicted octanol–water partition coefficient (Wildman–Crippen LogP) is 1.64. The van der Waals surface area contributed by atoms with Crippen LogP contribution in [0, 0.1) is 6.92 Å². The first-order valence-electron chi connectivity index (χ1n) is 6.43. The molecule has 1 fully saturated rings. The second-order valence-electron chi connectivity index (χ2n) is 5.42. The number of rotatable bonds is 4. The molecule has 0 bridgehead atoms. The predicted molar refractivity (Wildman–Crippen MR) is 78.9 cm³/mol. The van der Waals surface area contributed by atoms with Crippen LogP contribution in [0.1, 0.15) is 31.7 Å². The van der Waals surface area contributed by atoms with Gasteiger partial charge in [0.05, 0.1) is 27.4 Å². The van der Waals surface area contributed by atoms with Gasteiger partial charge in [-0.2, -0.15) is 5.10 Å². The highest BCUT2D eigenvalue weighted by Crippen LogP contribution is 2.25. The highest BCUT2D eigenvalue weighted by molar-refractivity contribution is 9.10. The van der Waals surface area contributed by atoms with E-state index in [-0.39, 0.29) is 17.0 Å². The maximum absolute atomic E-state index is 11.6. The number of aryl methyl sites for hydroxylation is 2. The summed E-state index contributed by atoms with van der Waals surface area (Å²) in [5.74, 6) is 0.501. The number of halogens is 1. The molecule has 1 aliphatic rings. The zero-order valence-electron chi connectivity index (χ0n) is 11.5. The molecule has 19 heavy (non-hydrogen) atoms. The summed E-state index contributed by atoms with van der Waals surface area (Å²) in [5, 5.41) is 7.83. The molecule has 1 aromatic rings. The monoisotopic (exact) mass is 349 g/mol. The van der Waals surface area contributed by atoms with E-state index >= 15 is 0 Å². The summed E-state index contributed by atoms with van der Waals surface area (Å²) in [4.78, 5) is 0. The minimum Gasteiger partial charge on any atom is -0.305 e. The van der Waals surface area contributed by atoms with Crippen LogP contribution in [0.15, 0.2) is 4.47 Å². The Kier molecular flexibility index (Phi) is 4.09. The second-order valence-corrected chi connectivity index (χ2v) is 8.40. The lowest BCUT2D eigenvalue weighted by Gasteiger charge is -2.24. The number of sulfone groups is 1. The summed E-state index contributed by atoms with van der Waals surface area (Å²) in [7, 11) is -2.88. The molecule has 0 amide bonds. The van der Waals surface area contributed by atoms with E-state index < -0.39 is 9.84 Å². The Hall–Kier alpha value is -0.400. The molecule has 7 heteroatoms.